The lowest BCUT2D eigenvalue weighted by atomic mass is 9.82. The quantitative estimate of drug-likeness (QED) is 0.150. The van der Waals surface area contributed by atoms with Crippen molar-refractivity contribution in [3.8, 4) is 33.4 Å². The molecule has 0 amide bonds. The van der Waals surface area contributed by atoms with Crippen LogP contribution in [0.1, 0.15) is 0 Å². The van der Waals surface area contributed by atoms with Crippen molar-refractivity contribution < 1.29 is 0 Å². The third kappa shape index (κ3) is 3.78. The van der Waals surface area contributed by atoms with E-state index in [-0.39, 0.29) is 0 Å². The van der Waals surface area contributed by atoms with Crippen molar-refractivity contribution in [2.75, 3.05) is 0 Å². The first-order valence-corrected chi connectivity index (χ1v) is 15.3. The molecular formula is C44H28. The van der Waals surface area contributed by atoms with E-state index in [1.807, 2.05) is 0 Å². The third-order valence-corrected chi connectivity index (χ3v) is 9.22. The van der Waals surface area contributed by atoms with Crippen LogP contribution in [0.15, 0.2) is 170 Å². The molecule has 0 aliphatic carbocycles. The molecule has 0 atom stereocenters. The van der Waals surface area contributed by atoms with E-state index in [4.69, 9.17) is 0 Å². The predicted molar refractivity (Wildman–Crippen MR) is 190 cm³/mol. The van der Waals surface area contributed by atoms with E-state index < -0.39 is 0 Å². The van der Waals surface area contributed by atoms with Crippen molar-refractivity contribution in [3.05, 3.63) is 170 Å². The Morgan fingerprint density at radius 1 is 0.227 bits per heavy atom. The van der Waals surface area contributed by atoms with Gasteiger partial charge in [0.05, 0.1) is 0 Å². The van der Waals surface area contributed by atoms with Gasteiger partial charge in [-0.15, -0.1) is 0 Å². The van der Waals surface area contributed by atoms with E-state index in [1.165, 1.54) is 87.2 Å². The van der Waals surface area contributed by atoms with Crippen molar-refractivity contribution in [3.63, 3.8) is 0 Å². The number of rotatable bonds is 3. The summed E-state index contributed by atoms with van der Waals surface area (Å²) in [5.74, 6) is 0. The second-order valence-corrected chi connectivity index (χ2v) is 11.6. The highest BCUT2D eigenvalue weighted by Gasteiger charge is 2.20. The molecule has 204 valence electrons. The van der Waals surface area contributed by atoms with Crippen molar-refractivity contribution in [1.29, 1.82) is 0 Å². The van der Waals surface area contributed by atoms with Crippen molar-refractivity contribution in [2.45, 2.75) is 0 Å². The van der Waals surface area contributed by atoms with Crippen LogP contribution >= 0.6 is 0 Å². The summed E-state index contributed by atoms with van der Waals surface area (Å²) in [5.41, 5.74) is 7.60. The lowest BCUT2D eigenvalue weighted by Crippen LogP contribution is -1.93. The van der Waals surface area contributed by atoms with Gasteiger partial charge in [0.25, 0.3) is 0 Å². The van der Waals surface area contributed by atoms with Gasteiger partial charge in [-0.1, -0.05) is 158 Å². The Hall–Kier alpha value is -5.72. The van der Waals surface area contributed by atoms with Crippen LogP contribution in [0.25, 0.3) is 87.2 Å². The molecule has 0 nitrogen and oxygen atoms in total. The van der Waals surface area contributed by atoms with Crippen molar-refractivity contribution in [2.24, 2.45) is 0 Å². The summed E-state index contributed by atoms with van der Waals surface area (Å²) < 4.78 is 0. The van der Waals surface area contributed by atoms with Crippen molar-refractivity contribution in [1.82, 2.24) is 0 Å². The molecule has 0 saturated carbocycles. The van der Waals surface area contributed by atoms with Gasteiger partial charge in [-0.2, -0.15) is 0 Å². The van der Waals surface area contributed by atoms with E-state index in [9.17, 15) is 0 Å². The van der Waals surface area contributed by atoms with E-state index in [0.29, 0.717) is 0 Å². The van der Waals surface area contributed by atoms with Crippen LogP contribution in [0.2, 0.25) is 0 Å². The minimum Gasteiger partial charge on any atom is -0.0616 e. The maximum absolute atomic E-state index is 2.38. The third-order valence-electron chi connectivity index (χ3n) is 9.22. The fourth-order valence-corrected chi connectivity index (χ4v) is 7.29. The van der Waals surface area contributed by atoms with Gasteiger partial charge < -0.3 is 0 Å². The summed E-state index contributed by atoms with van der Waals surface area (Å²) in [6, 6.07) is 62.3. The molecule has 9 aromatic carbocycles. The highest BCUT2D eigenvalue weighted by molar-refractivity contribution is 6.23. The van der Waals surface area contributed by atoms with Gasteiger partial charge in [-0.3, -0.25) is 0 Å². The van der Waals surface area contributed by atoms with Gasteiger partial charge in [-0.05, 0) is 99.4 Å². The largest absolute Gasteiger partial charge is 0.0616 e. The Bertz CT molecular complexity index is 2490. The standard InChI is InChI=1S/C44H28/c1-2-14-30-27-32(26-25-29(30)13-1)43-38-21-9-11-23-40(38)44(41-24-12-10-22-39(41)43)37-20-8-7-19-36(37)42-28-31-15-3-4-16-33(31)34-17-5-6-18-35(34)42/h1-28H. The normalized spacial score (nSPS) is 11.6. The minimum atomic E-state index is 1.25. The maximum Gasteiger partial charge on any atom is -0.00201 e. The topological polar surface area (TPSA) is 0 Å². The lowest BCUT2D eigenvalue weighted by Gasteiger charge is -2.20. The van der Waals surface area contributed by atoms with Gasteiger partial charge >= 0.3 is 0 Å². The summed E-state index contributed by atoms with van der Waals surface area (Å²) in [6.45, 7) is 0. The van der Waals surface area contributed by atoms with E-state index in [2.05, 4.69) is 170 Å². The fraction of sp³-hybridized carbons (Fsp3) is 0. The molecule has 0 heterocycles. The van der Waals surface area contributed by atoms with E-state index >= 15 is 0 Å². The van der Waals surface area contributed by atoms with E-state index in [1.54, 1.807) is 0 Å². The van der Waals surface area contributed by atoms with Crippen LogP contribution in [0.5, 0.6) is 0 Å². The molecule has 0 spiro atoms. The Kier molecular flexibility index (Phi) is 5.61. The Labute approximate surface area is 256 Å². The maximum atomic E-state index is 2.38. The molecule has 9 aromatic rings. The number of hydrogen-bond acceptors (Lipinski definition) is 0. The summed E-state index contributed by atoms with van der Waals surface area (Å²) in [5, 5.41) is 12.7. The zero-order valence-electron chi connectivity index (χ0n) is 24.2. The van der Waals surface area contributed by atoms with Crippen molar-refractivity contribution >= 4 is 53.9 Å². The number of hydrogen-bond donors (Lipinski definition) is 0. The Morgan fingerprint density at radius 2 is 0.705 bits per heavy atom. The molecule has 0 saturated heterocycles. The Balaban J connectivity index is 1.39. The zero-order chi connectivity index (χ0) is 29.0. The van der Waals surface area contributed by atoms with Crippen LogP contribution in [0.3, 0.4) is 0 Å². The highest BCUT2D eigenvalue weighted by atomic mass is 14.2. The molecule has 0 bridgehead atoms. The molecule has 0 fully saturated rings. The molecule has 0 aromatic heterocycles. The number of fused-ring (bicyclic) bond motifs is 6. The second-order valence-electron chi connectivity index (χ2n) is 11.6. The van der Waals surface area contributed by atoms with Gasteiger partial charge in [-0.25, -0.2) is 0 Å². The van der Waals surface area contributed by atoms with E-state index in [0.717, 1.165) is 0 Å². The summed E-state index contributed by atoms with van der Waals surface area (Å²) >= 11 is 0. The average molecular weight is 557 g/mol. The van der Waals surface area contributed by atoms with Crippen LogP contribution < -0.4 is 0 Å². The predicted octanol–water partition coefficient (Wildman–Crippen LogP) is 12.5. The van der Waals surface area contributed by atoms with Crippen LogP contribution in [0.4, 0.5) is 0 Å². The average Bonchev–Trinajstić information content (AvgIpc) is 3.10. The van der Waals surface area contributed by atoms with Crippen LogP contribution in [-0.2, 0) is 0 Å². The summed E-state index contributed by atoms with van der Waals surface area (Å²) in [6.07, 6.45) is 0. The first-order valence-electron chi connectivity index (χ1n) is 15.3. The molecule has 0 unspecified atom stereocenters. The summed E-state index contributed by atoms with van der Waals surface area (Å²) in [7, 11) is 0. The van der Waals surface area contributed by atoms with Gasteiger partial charge in [0, 0.05) is 0 Å². The summed E-state index contributed by atoms with van der Waals surface area (Å²) in [4.78, 5) is 0. The van der Waals surface area contributed by atoms with Crippen LogP contribution in [0, 0.1) is 0 Å². The molecule has 0 N–H and O–H groups in total. The first kappa shape index (κ1) is 24.8. The van der Waals surface area contributed by atoms with Gasteiger partial charge in [0.15, 0.2) is 0 Å². The SMILES string of the molecule is c1ccc(-c2cc3ccccc3c3ccccc23)c(-c2c3ccccc3c(-c3ccc4ccccc4c3)c3ccccc23)c1. The van der Waals surface area contributed by atoms with Crippen LogP contribution in [-0.4, -0.2) is 0 Å². The Morgan fingerprint density at radius 3 is 1.39 bits per heavy atom. The fourth-order valence-electron chi connectivity index (χ4n) is 7.29. The molecular weight excluding hydrogens is 528 g/mol. The monoisotopic (exact) mass is 556 g/mol. The molecule has 0 radical (unpaired) electrons. The smallest absolute Gasteiger partial charge is 0.00201 e. The molecule has 44 heavy (non-hydrogen) atoms. The minimum absolute atomic E-state index is 1.25. The molecule has 0 heteroatoms. The molecule has 9 rings (SSSR count). The number of benzene rings is 9. The lowest BCUT2D eigenvalue weighted by molar-refractivity contribution is 1.64. The zero-order valence-corrected chi connectivity index (χ0v) is 24.2. The second kappa shape index (κ2) is 9.93. The van der Waals surface area contributed by atoms with Gasteiger partial charge in [0.2, 0.25) is 0 Å². The highest BCUT2D eigenvalue weighted by Crippen LogP contribution is 2.47. The molecule has 0 aliphatic heterocycles. The molecule has 0 aliphatic rings. The first-order chi connectivity index (χ1) is 21.8. The van der Waals surface area contributed by atoms with Gasteiger partial charge in [0.1, 0.15) is 0 Å².